The molecule has 1 N–H and O–H groups in total. The minimum absolute atomic E-state index is 0.0825. The van der Waals surface area contributed by atoms with Gasteiger partial charge in [0.05, 0.1) is 15.1 Å². The van der Waals surface area contributed by atoms with Crippen LogP contribution in [0.3, 0.4) is 0 Å². The van der Waals surface area contributed by atoms with Crippen LogP contribution in [-0.4, -0.2) is 28.4 Å². The van der Waals surface area contributed by atoms with Crippen LogP contribution >= 0.6 is 11.3 Å². The molecule has 1 amide bonds. The quantitative estimate of drug-likeness (QED) is 0.294. The number of rotatable bonds is 6. The predicted octanol–water partition coefficient (Wildman–Crippen LogP) is 3.71. The third kappa shape index (κ3) is 4.98. The number of non-ortho nitro benzene ring substituents is 1. The first-order chi connectivity index (χ1) is 13.4. The summed E-state index contributed by atoms with van der Waals surface area (Å²) in [4.78, 5) is 38.2. The van der Waals surface area contributed by atoms with Crippen molar-refractivity contribution >= 4 is 50.3 Å². The van der Waals surface area contributed by atoms with Gasteiger partial charge in [-0.05, 0) is 36.3 Å². The number of nitrogens with one attached hydrogen (secondary N) is 1. The van der Waals surface area contributed by atoms with Crippen molar-refractivity contribution in [2.75, 3.05) is 11.9 Å². The molecule has 0 aliphatic rings. The fourth-order valence-corrected chi connectivity index (χ4v) is 3.31. The Hall–Kier alpha value is -3.59. The molecule has 142 valence electrons. The maximum Gasteiger partial charge on any atom is 0.331 e. The number of amides is 1. The van der Waals surface area contributed by atoms with E-state index in [1.165, 1.54) is 35.6 Å². The molecule has 0 atom stereocenters. The van der Waals surface area contributed by atoms with Crippen molar-refractivity contribution < 1.29 is 19.2 Å². The first-order valence-corrected chi connectivity index (χ1v) is 8.99. The number of benzene rings is 2. The summed E-state index contributed by atoms with van der Waals surface area (Å²) >= 11 is 1.33. The largest absolute Gasteiger partial charge is 0.452 e. The Kier molecular flexibility index (Phi) is 5.75. The number of aromatic nitrogens is 1. The van der Waals surface area contributed by atoms with E-state index in [2.05, 4.69) is 10.3 Å². The zero-order valence-electron chi connectivity index (χ0n) is 14.7. The number of nitrogens with zero attached hydrogens (tertiary/aromatic N) is 2. The number of carbonyl (C=O) groups excluding carboxylic acids is 2. The lowest BCUT2D eigenvalue weighted by molar-refractivity contribution is -0.384. The number of hydrogen-bond donors (Lipinski definition) is 1. The second kappa shape index (κ2) is 8.40. The SMILES string of the molecule is Cc1ccc2nc(NC(=O)COC(=O)/C=C/c3cccc([N+](=O)[O-])c3)sc2c1. The van der Waals surface area contributed by atoms with Gasteiger partial charge >= 0.3 is 5.97 Å². The average molecular weight is 397 g/mol. The van der Waals surface area contributed by atoms with Gasteiger partial charge in [-0.25, -0.2) is 9.78 Å². The van der Waals surface area contributed by atoms with Crippen LogP contribution in [-0.2, 0) is 14.3 Å². The normalized spacial score (nSPS) is 10.9. The van der Waals surface area contributed by atoms with E-state index in [1.54, 1.807) is 6.07 Å². The smallest absolute Gasteiger partial charge is 0.331 e. The summed E-state index contributed by atoms with van der Waals surface area (Å²) in [5.41, 5.74) is 2.27. The summed E-state index contributed by atoms with van der Waals surface area (Å²) < 4.78 is 5.82. The number of thiazole rings is 1. The Bertz CT molecular complexity index is 1090. The topological polar surface area (TPSA) is 111 Å². The van der Waals surface area contributed by atoms with Crippen molar-refractivity contribution in [3.8, 4) is 0 Å². The molecule has 0 radical (unpaired) electrons. The monoisotopic (exact) mass is 397 g/mol. The van der Waals surface area contributed by atoms with Crippen LogP contribution in [0.4, 0.5) is 10.8 Å². The first-order valence-electron chi connectivity index (χ1n) is 8.17. The molecular formula is C19H15N3O5S. The van der Waals surface area contributed by atoms with Crippen molar-refractivity contribution in [1.29, 1.82) is 0 Å². The minimum atomic E-state index is -0.735. The highest BCUT2D eigenvalue weighted by molar-refractivity contribution is 7.22. The molecule has 2 aromatic carbocycles. The van der Waals surface area contributed by atoms with Gasteiger partial charge in [-0.3, -0.25) is 20.2 Å². The van der Waals surface area contributed by atoms with E-state index in [-0.39, 0.29) is 5.69 Å². The van der Waals surface area contributed by atoms with Crippen LogP contribution in [0, 0.1) is 17.0 Å². The molecule has 1 aromatic heterocycles. The maximum atomic E-state index is 11.9. The third-order valence-electron chi connectivity index (χ3n) is 3.63. The molecule has 3 aromatic rings. The van der Waals surface area contributed by atoms with Crippen molar-refractivity contribution in [2.45, 2.75) is 6.92 Å². The Morgan fingerprint density at radius 1 is 1.29 bits per heavy atom. The van der Waals surface area contributed by atoms with E-state index in [0.717, 1.165) is 21.9 Å². The van der Waals surface area contributed by atoms with E-state index in [0.29, 0.717) is 10.7 Å². The number of ether oxygens (including phenoxy) is 1. The van der Waals surface area contributed by atoms with Crippen LogP contribution < -0.4 is 5.32 Å². The average Bonchev–Trinajstić information content (AvgIpc) is 3.06. The van der Waals surface area contributed by atoms with Gasteiger partial charge < -0.3 is 4.74 Å². The summed E-state index contributed by atoms with van der Waals surface area (Å²) in [5.74, 6) is -1.24. The minimum Gasteiger partial charge on any atom is -0.452 e. The van der Waals surface area contributed by atoms with Gasteiger partial charge in [0.2, 0.25) is 0 Å². The van der Waals surface area contributed by atoms with Crippen LogP contribution in [0.15, 0.2) is 48.5 Å². The van der Waals surface area contributed by atoms with Crippen LogP contribution in [0.25, 0.3) is 16.3 Å². The molecule has 0 unspecified atom stereocenters. The third-order valence-corrected chi connectivity index (χ3v) is 4.56. The van der Waals surface area contributed by atoms with E-state index >= 15 is 0 Å². The second-order valence-corrected chi connectivity index (χ2v) is 6.86. The number of nitro benzene ring substituents is 1. The number of carbonyl (C=O) groups is 2. The van der Waals surface area contributed by atoms with Crippen molar-refractivity contribution in [2.24, 2.45) is 0 Å². The van der Waals surface area contributed by atoms with Crippen LogP contribution in [0.2, 0.25) is 0 Å². The molecule has 9 heteroatoms. The Morgan fingerprint density at radius 3 is 2.89 bits per heavy atom. The van der Waals surface area contributed by atoms with E-state index in [1.807, 2.05) is 25.1 Å². The van der Waals surface area contributed by atoms with Crippen molar-refractivity contribution in [3.05, 3.63) is 69.8 Å². The zero-order valence-corrected chi connectivity index (χ0v) is 15.6. The fourth-order valence-electron chi connectivity index (χ4n) is 2.33. The number of aryl methyl sites for hydroxylation is 1. The summed E-state index contributed by atoms with van der Waals surface area (Å²) in [6, 6.07) is 11.6. The predicted molar refractivity (Wildman–Crippen MR) is 106 cm³/mol. The molecule has 0 aliphatic carbocycles. The number of nitro groups is 1. The van der Waals surface area contributed by atoms with E-state index < -0.39 is 23.4 Å². The lowest BCUT2D eigenvalue weighted by atomic mass is 10.2. The summed E-state index contributed by atoms with van der Waals surface area (Å²) in [6.07, 6.45) is 2.48. The zero-order chi connectivity index (χ0) is 20.1. The van der Waals surface area contributed by atoms with E-state index in [9.17, 15) is 19.7 Å². The van der Waals surface area contributed by atoms with Gasteiger partial charge in [0.15, 0.2) is 11.7 Å². The molecule has 3 rings (SSSR count). The highest BCUT2D eigenvalue weighted by Gasteiger charge is 2.10. The molecule has 0 bridgehead atoms. The van der Waals surface area contributed by atoms with Gasteiger partial charge in [0.25, 0.3) is 11.6 Å². The maximum absolute atomic E-state index is 11.9. The molecular weight excluding hydrogens is 382 g/mol. The van der Waals surface area contributed by atoms with Gasteiger partial charge in [-0.1, -0.05) is 29.5 Å². The van der Waals surface area contributed by atoms with Gasteiger partial charge in [0, 0.05) is 18.2 Å². The number of anilines is 1. The Morgan fingerprint density at radius 2 is 2.11 bits per heavy atom. The Labute approximate surface area is 163 Å². The highest BCUT2D eigenvalue weighted by Crippen LogP contribution is 2.26. The van der Waals surface area contributed by atoms with Crippen molar-refractivity contribution in [3.63, 3.8) is 0 Å². The highest BCUT2D eigenvalue weighted by atomic mass is 32.1. The molecule has 0 saturated heterocycles. The van der Waals surface area contributed by atoms with Gasteiger partial charge in [0.1, 0.15) is 0 Å². The Balaban J connectivity index is 1.52. The number of esters is 1. The van der Waals surface area contributed by atoms with Crippen LogP contribution in [0.5, 0.6) is 0 Å². The number of hydrogen-bond acceptors (Lipinski definition) is 7. The molecule has 0 fully saturated rings. The summed E-state index contributed by atoms with van der Waals surface area (Å²) in [7, 11) is 0. The lowest BCUT2D eigenvalue weighted by Gasteiger charge is -2.02. The molecule has 28 heavy (non-hydrogen) atoms. The van der Waals surface area contributed by atoms with Gasteiger partial charge in [-0.15, -0.1) is 0 Å². The summed E-state index contributed by atoms with van der Waals surface area (Å²) in [6.45, 7) is 1.51. The van der Waals surface area contributed by atoms with Crippen molar-refractivity contribution in [1.82, 2.24) is 4.98 Å². The van der Waals surface area contributed by atoms with Crippen LogP contribution in [0.1, 0.15) is 11.1 Å². The lowest BCUT2D eigenvalue weighted by Crippen LogP contribution is -2.19. The first kappa shape index (κ1) is 19.2. The summed E-state index contributed by atoms with van der Waals surface area (Å²) in [5, 5.41) is 13.8. The van der Waals surface area contributed by atoms with E-state index in [4.69, 9.17) is 4.74 Å². The molecule has 0 saturated carbocycles. The molecule has 1 heterocycles. The molecule has 0 spiro atoms. The molecule has 8 nitrogen and oxygen atoms in total. The number of fused-ring (bicyclic) bond motifs is 1. The second-order valence-electron chi connectivity index (χ2n) is 5.83. The molecule has 0 aliphatic heterocycles. The van der Waals surface area contributed by atoms with Gasteiger partial charge in [-0.2, -0.15) is 0 Å². The fraction of sp³-hybridized carbons (Fsp3) is 0.105. The standard InChI is InChI=1S/C19H15N3O5S/c1-12-5-7-15-16(9-12)28-19(20-15)21-17(23)11-27-18(24)8-6-13-3-2-4-14(10-13)22(25)26/h2-10H,11H2,1H3,(H,20,21,23)/b8-6+.